The van der Waals surface area contributed by atoms with Crippen molar-refractivity contribution in [2.24, 2.45) is 5.10 Å². The van der Waals surface area contributed by atoms with Crippen molar-refractivity contribution in [1.29, 1.82) is 0 Å². The van der Waals surface area contributed by atoms with Gasteiger partial charge in [-0.25, -0.2) is 10.2 Å². The van der Waals surface area contributed by atoms with Crippen LogP contribution in [-0.2, 0) is 4.74 Å². The monoisotopic (exact) mass is 332 g/mol. The molecule has 16 heavy (non-hydrogen) atoms. The lowest BCUT2D eigenvalue weighted by atomic mass is 10.1. The Bertz CT molecular complexity index is 387. The number of rotatable bonds is 3. The van der Waals surface area contributed by atoms with E-state index in [1.807, 2.05) is 31.2 Å². The van der Waals surface area contributed by atoms with Crippen LogP contribution in [0.25, 0.3) is 0 Å². The summed E-state index contributed by atoms with van der Waals surface area (Å²) < 4.78 is 5.85. The van der Waals surface area contributed by atoms with Crippen LogP contribution in [0, 0.1) is 3.57 Å². The van der Waals surface area contributed by atoms with E-state index in [0.717, 1.165) is 14.8 Å². The SMILES string of the molecule is CCOC(=O)NN=C(C)c1ccc(I)cc1. The minimum Gasteiger partial charge on any atom is -0.449 e. The lowest BCUT2D eigenvalue weighted by molar-refractivity contribution is 0.152. The zero-order chi connectivity index (χ0) is 12.0. The number of benzene rings is 1. The summed E-state index contributed by atoms with van der Waals surface area (Å²) in [7, 11) is 0. The van der Waals surface area contributed by atoms with Crippen molar-refractivity contribution in [3.63, 3.8) is 0 Å². The molecule has 4 nitrogen and oxygen atoms in total. The fourth-order valence-electron chi connectivity index (χ4n) is 1.05. The summed E-state index contributed by atoms with van der Waals surface area (Å²) in [4.78, 5) is 11.0. The predicted octanol–water partition coefficient (Wildman–Crippen LogP) is 2.76. The van der Waals surface area contributed by atoms with E-state index in [-0.39, 0.29) is 0 Å². The second-order valence-corrected chi connectivity index (χ2v) is 4.28. The third-order valence-electron chi connectivity index (χ3n) is 1.85. The van der Waals surface area contributed by atoms with Gasteiger partial charge in [-0.15, -0.1) is 0 Å². The number of hydrogen-bond donors (Lipinski definition) is 1. The van der Waals surface area contributed by atoms with Gasteiger partial charge in [-0.3, -0.25) is 0 Å². The van der Waals surface area contributed by atoms with Crippen LogP contribution in [0.4, 0.5) is 4.79 Å². The molecule has 1 aromatic carbocycles. The molecule has 0 aliphatic carbocycles. The van der Waals surface area contributed by atoms with Crippen LogP contribution in [0.2, 0.25) is 0 Å². The first-order chi connectivity index (χ1) is 7.63. The standard InChI is InChI=1S/C11H13IN2O2/c1-3-16-11(15)14-13-8(2)9-4-6-10(12)7-5-9/h4-7H,3H2,1-2H3,(H,14,15). The largest absolute Gasteiger partial charge is 0.449 e. The number of nitrogens with one attached hydrogen (secondary N) is 1. The molecule has 1 rings (SSSR count). The molecule has 0 saturated carbocycles. The van der Waals surface area contributed by atoms with Crippen molar-refractivity contribution >= 4 is 34.4 Å². The van der Waals surface area contributed by atoms with Crippen molar-refractivity contribution in [1.82, 2.24) is 5.43 Å². The van der Waals surface area contributed by atoms with Gasteiger partial charge in [-0.2, -0.15) is 5.10 Å². The first-order valence-electron chi connectivity index (χ1n) is 4.86. The quantitative estimate of drug-likeness (QED) is 0.526. The number of halogens is 1. The van der Waals surface area contributed by atoms with Crippen molar-refractivity contribution in [2.75, 3.05) is 6.61 Å². The topological polar surface area (TPSA) is 50.7 Å². The minimum absolute atomic E-state index is 0.337. The number of carbonyl (C=O) groups excluding carboxylic acids is 1. The van der Waals surface area contributed by atoms with Gasteiger partial charge in [0, 0.05) is 3.57 Å². The lowest BCUT2D eigenvalue weighted by Crippen LogP contribution is -2.20. The van der Waals surface area contributed by atoms with E-state index in [1.54, 1.807) is 6.92 Å². The van der Waals surface area contributed by atoms with Crippen molar-refractivity contribution < 1.29 is 9.53 Å². The van der Waals surface area contributed by atoms with E-state index in [0.29, 0.717) is 6.61 Å². The summed E-state index contributed by atoms with van der Waals surface area (Å²) in [6.45, 7) is 3.91. The summed E-state index contributed by atoms with van der Waals surface area (Å²) in [5.74, 6) is 0. The highest BCUT2D eigenvalue weighted by Gasteiger charge is 2.00. The summed E-state index contributed by atoms with van der Waals surface area (Å²) in [5, 5.41) is 3.93. The average molecular weight is 332 g/mol. The number of carbonyl (C=O) groups is 1. The first-order valence-corrected chi connectivity index (χ1v) is 5.94. The van der Waals surface area contributed by atoms with Crippen LogP contribution >= 0.6 is 22.6 Å². The molecule has 1 amide bonds. The van der Waals surface area contributed by atoms with Gasteiger partial charge in [-0.1, -0.05) is 12.1 Å². The molecule has 1 aromatic rings. The summed E-state index contributed by atoms with van der Waals surface area (Å²) in [6.07, 6.45) is -0.535. The van der Waals surface area contributed by atoms with Crippen LogP contribution in [-0.4, -0.2) is 18.4 Å². The van der Waals surface area contributed by atoms with E-state index in [1.165, 1.54) is 0 Å². The van der Waals surface area contributed by atoms with E-state index in [9.17, 15) is 4.79 Å². The average Bonchev–Trinajstić information content (AvgIpc) is 2.27. The molecule has 0 unspecified atom stereocenters. The predicted molar refractivity (Wildman–Crippen MR) is 71.5 cm³/mol. The van der Waals surface area contributed by atoms with Crippen LogP contribution in [0.5, 0.6) is 0 Å². The van der Waals surface area contributed by atoms with E-state index < -0.39 is 6.09 Å². The highest BCUT2D eigenvalue weighted by atomic mass is 127. The summed E-state index contributed by atoms with van der Waals surface area (Å²) in [5.41, 5.74) is 4.03. The maximum Gasteiger partial charge on any atom is 0.427 e. The van der Waals surface area contributed by atoms with Crippen molar-refractivity contribution in [3.05, 3.63) is 33.4 Å². The Morgan fingerprint density at radius 1 is 1.44 bits per heavy atom. The van der Waals surface area contributed by atoms with Gasteiger partial charge in [0.15, 0.2) is 0 Å². The third kappa shape index (κ3) is 4.18. The normalized spacial score (nSPS) is 11.1. The molecular weight excluding hydrogens is 319 g/mol. The lowest BCUT2D eigenvalue weighted by Gasteiger charge is -2.02. The molecule has 86 valence electrons. The number of ether oxygens (including phenoxy) is 1. The highest BCUT2D eigenvalue weighted by molar-refractivity contribution is 14.1. The van der Waals surface area contributed by atoms with Gasteiger partial charge in [0.1, 0.15) is 0 Å². The highest BCUT2D eigenvalue weighted by Crippen LogP contribution is 2.07. The Morgan fingerprint density at radius 2 is 2.06 bits per heavy atom. The fraction of sp³-hybridized carbons (Fsp3) is 0.273. The van der Waals surface area contributed by atoms with Crippen LogP contribution < -0.4 is 5.43 Å². The van der Waals surface area contributed by atoms with Gasteiger partial charge >= 0.3 is 6.09 Å². The molecule has 0 spiro atoms. The Hall–Kier alpha value is -1.11. The molecule has 0 aliphatic rings. The third-order valence-corrected chi connectivity index (χ3v) is 2.57. The van der Waals surface area contributed by atoms with Crippen LogP contribution in [0.3, 0.4) is 0 Å². The molecular formula is C11H13IN2O2. The Morgan fingerprint density at radius 3 is 2.62 bits per heavy atom. The van der Waals surface area contributed by atoms with Crippen molar-refractivity contribution in [3.8, 4) is 0 Å². The molecule has 0 fully saturated rings. The molecule has 0 radical (unpaired) electrons. The molecule has 0 atom stereocenters. The smallest absolute Gasteiger partial charge is 0.427 e. The van der Waals surface area contributed by atoms with Gasteiger partial charge in [0.2, 0.25) is 0 Å². The Kier molecular flexibility index (Phi) is 5.24. The number of amides is 1. The molecule has 5 heteroatoms. The first kappa shape index (κ1) is 13.0. The van der Waals surface area contributed by atoms with Gasteiger partial charge in [-0.05, 0) is 54.1 Å². The second-order valence-electron chi connectivity index (χ2n) is 3.04. The van der Waals surface area contributed by atoms with E-state index >= 15 is 0 Å². The van der Waals surface area contributed by atoms with Crippen molar-refractivity contribution in [2.45, 2.75) is 13.8 Å². The van der Waals surface area contributed by atoms with E-state index in [4.69, 9.17) is 0 Å². The van der Waals surface area contributed by atoms with E-state index in [2.05, 4.69) is 37.9 Å². The number of nitrogens with zero attached hydrogens (tertiary/aromatic N) is 1. The Balaban J connectivity index is 2.63. The molecule has 1 N–H and O–H groups in total. The molecule has 0 heterocycles. The fourth-order valence-corrected chi connectivity index (χ4v) is 1.41. The zero-order valence-electron chi connectivity index (χ0n) is 9.16. The second kappa shape index (κ2) is 6.47. The number of hydrazone groups is 1. The molecule has 0 saturated heterocycles. The minimum atomic E-state index is -0.535. The Labute approximate surface area is 108 Å². The molecule has 0 bridgehead atoms. The van der Waals surface area contributed by atoms with Crippen LogP contribution in [0.15, 0.2) is 29.4 Å². The van der Waals surface area contributed by atoms with Crippen LogP contribution in [0.1, 0.15) is 19.4 Å². The maximum absolute atomic E-state index is 11.0. The molecule has 0 aliphatic heterocycles. The summed E-state index contributed by atoms with van der Waals surface area (Å²) >= 11 is 2.23. The number of hydrogen-bond acceptors (Lipinski definition) is 3. The zero-order valence-corrected chi connectivity index (χ0v) is 11.3. The van der Waals surface area contributed by atoms with Gasteiger partial charge in [0.05, 0.1) is 12.3 Å². The maximum atomic E-state index is 11.0. The molecule has 0 aromatic heterocycles. The summed E-state index contributed by atoms with van der Waals surface area (Å²) in [6, 6.07) is 7.87. The van der Waals surface area contributed by atoms with Gasteiger partial charge in [0.25, 0.3) is 0 Å². The van der Waals surface area contributed by atoms with Gasteiger partial charge < -0.3 is 4.74 Å².